The molecule has 0 radical (unpaired) electrons. The van der Waals surface area contributed by atoms with E-state index in [1.807, 2.05) is 41.3 Å². The molecule has 1 aliphatic heterocycles. The minimum atomic E-state index is -0.365. The van der Waals surface area contributed by atoms with E-state index in [0.29, 0.717) is 28.5 Å². The number of anilines is 1. The molecule has 1 unspecified atom stereocenters. The molecule has 5 rings (SSSR count). The molecule has 0 bridgehead atoms. The number of hydrogen-bond acceptors (Lipinski definition) is 8. The maximum absolute atomic E-state index is 12.5. The van der Waals surface area contributed by atoms with Crippen molar-refractivity contribution in [2.75, 3.05) is 17.7 Å². The van der Waals surface area contributed by atoms with Crippen LogP contribution in [0.25, 0.3) is 11.3 Å². The summed E-state index contributed by atoms with van der Waals surface area (Å²) in [6, 6.07) is 15.8. The Kier molecular flexibility index (Phi) is 6.50. The third-order valence-electron chi connectivity index (χ3n) is 5.41. The second-order valence-corrected chi connectivity index (χ2v) is 9.49. The predicted octanol–water partition coefficient (Wildman–Crippen LogP) is 4.74. The number of nitrogens with one attached hydrogen (secondary N) is 1. The zero-order chi connectivity index (χ0) is 23.5. The fraction of sp³-hybridized carbons (Fsp3) is 0.250. The molecule has 34 heavy (non-hydrogen) atoms. The largest absolute Gasteiger partial charge is 0.485 e. The van der Waals surface area contributed by atoms with Crippen LogP contribution < -0.4 is 14.8 Å². The molecule has 1 aliphatic rings. The molecule has 10 heteroatoms. The van der Waals surface area contributed by atoms with E-state index in [1.165, 1.54) is 28.7 Å². The van der Waals surface area contributed by atoms with Gasteiger partial charge in [0.25, 0.3) is 0 Å². The number of aromatic nitrogens is 4. The lowest BCUT2D eigenvalue weighted by Gasteiger charge is -2.25. The number of carbonyl (C=O) groups is 1. The Bertz CT molecular complexity index is 1300. The van der Waals surface area contributed by atoms with Crippen molar-refractivity contribution in [3.05, 3.63) is 65.3 Å². The van der Waals surface area contributed by atoms with Gasteiger partial charge in [0.15, 0.2) is 33.7 Å². The number of amides is 1. The van der Waals surface area contributed by atoms with E-state index in [9.17, 15) is 4.79 Å². The number of fused-ring (bicyclic) bond motifs is 1. The number of para-hydroxylation sites is 2. The highest BCUT2D eigenvalue weighted by atomic mass is 32.2. The summed E-state index contributed by atoms with van der Waals surface area (Å²) in [5, 5.41) is 14.5. The van der Waals surface area contributed by atoms with Crippen molar-refractivity contribution in [2.24, 2.45) is 7.05 Å². The van der Waals surface area contributed by atoms with Crippen molar-refractivity contribution in [2.45, 2.75) is 24.6 Å². The Morgan fingerprint density at radius 1 is 1.18 bits per heavy atom. The molecule has 0 saturated heterocycles. The summed E-state index contributed by atoms with van der Waals surface area (Å²) in [6.07, 6.45) is 0.634. The van der Waals surface area contributed by atoms with Gasteiger partial charge in [-0.2, -0.15) is 0 Å². The van der Waals surface area contributed by atoms with Crippen LogP contribution in [0.2, 0.25) is 0 Å². The maximum Gasteiger partial charge on any atom is 0.236 e. The molecule has 3 heterocycles. The molecule has 1 amide bonds. The highest BCUT2D eigenvalue weighted by Crippen LogP contribution is 2.35. The van der Waals surface area contributed by atoms with Gasteiger partial charge in [-0.1, -0.05) is 55.1 Å². The SMILES string of the molecule is CCc1ccc(-c2csc(NC(=O)CSc3nnc(C4COc5ccccc5O4)n3C)n2)cc1. The third-order valence-corrected chi connectivity index (χ3v) is 7.18. The molecule has 0 aliphatic carbocycles. The molecule has 0 fully saturated rings. The van der Waals surface area contributed by atoms with Gasteiger partial charge < -0.3 is 19.4 Å². The van der Waals surface area contributed by atoms with Gasteiger partial charge in [0.05, 0.1) is 11.4 Å². The van der Waals surface area contributed by atoms with Crippen LogP contribution in [0.4, 0.5) is 5.13 Å². The normalized spacial score (nSPS) is 14.7. The standard InChI is InChI=1S/C24H23N5O3S2/c1-3-15-8-10-16(11-9-15)17-13-33-23(25-17)26-21(30)14-34-24-28-27-22(29(24)2)20-12-31-18-6-4-5-7-19(18)32-20/h4-11,13,20H,3,12,14H2,1-2H3,(H,25,26,30). The van der Waals surface area contributed by atoms with Gasteiger partial charge in [0.1, 0.15) is 6.61 Å². The van der Waals surface area contributed by atoms with Crippen LogP contribution in [0.5, 0.6) is 11.5 Å². The topological polar surface area (TPSA) is 91.2 Å². The first-order chi connectivity index (χ1) is 16.6. The number of thiazole rings is 1. The Morgan fingerprint density at radius 3 is 2.76 bits per heavy atom. The molecular formula is C24H23N5O3S2. The number of thioether (sulfide) groups is 1. The van der Waals surface area contributed by atoms with Gasteiger partial charge in [-0.15, -0.1) is 21.5 Å². The molecule has 174 valence electrons. The van der Waals surface area contributed by atoms with E-state index in [-0.39, 0.29) is 17.8 Å². The van der Waals surface area contributed by atoms with Gasteiger partial charge in [-0.3, -0.25) is 4.79 Å². The summed E-state index contributed by atoms with van der Waals surface area (Å²) >= 11 is 2.72. The fourth-order valence-electron chi connectivity index (χ4n) is 3.54. The monoisotopic (exact) mass is 493 g/mol. The van der Waals surface area contributed by atoms with Crippen LogP contribution in [0.15, 0.2) is 59.1 Å². The van der Waals surface area contributed by atoms with Gasteiger partial charge in [-0.25, -0.2) is 4.98 Å². The number of ether oxygens (including phenoxy) is 2. The molecular weight excluding hydrogens is 470 g/mol. The minimum Gasteiger partial charge on any atom is -0.485 e. The molecule has 1 N–H and O–H groups in total. The lowest BCUT2D eigenvalue weighted by molar-refractivity contribution is -0.113. The van der Waals surface area contributed by atoms with E-state index in [1.54, 1.807) is 0 Å². The van der Waals surface area contributed by atoms with Crippen molar-refractivity contribution >= 4 is 34.1 Å². The second-order valence-electron chi connectivity index (χ2n) is 7.69. The summed E-state index contributed by atoms with van der Waals surface area (Å²) in [4.78, 5) is 17.1. The summed E-state index contributed by atoms with van der Waals surface area (Å²) in [6.45, 7) is 2.48. The molecule has 8 nitrogen and oxygen atoms in total. The maximum atomic E-state index is 12.5. The summed E-state index contributed by atoms with van der Waals surface area (Å²) in [5.74, 6) is 2.09. The Morgan fingerprint density at radius 2 is 1.97 bits per heavy atom. The number of hydrogen-bond donors (Lipinski definition) is 1. The number of carbonyl (C=O) groups excluding carboxylic acids is 1. The molecule has 0 saturated carbocycles. The van der Waals surface area contributed by atoms with Crippen molar-refractivity contribution in [1.29, 1.82) is 0 Å². The lowest BCUT2D eigenvalue weighted by atomic mass is 10.1. The predicted molar refractivity (Wildman–Crippen MR) is 133 cm³/mol. The van der Waals surface area contributed by atoms with Gasteiger partial charge in [0.2, 0.25) is 5.91 Å². The van der Waals surface area contributed by atoms with Gasteiger partial charge in [-0.05, 0) is 24.1 Å². The molecule has 4 aromatic rings. The van der Waals surface area contributed by atoms with Crippen molar-refractivity contribution in [3.8, 4) is 22.8 Å². The fourth-order valence-corrected chi connectivity index (χ4v) is 4.99. The number of aryl methyl sites for hydroxylation is 1. The van der Waals surface area contributed by atoms with Crippen LogP contribution >= 0.6 is 23.1 Å². The van der Waals surface area contributed by atoms with Crippen molar-refractivity contribution in [3.63, 3.8) is 0 Å². The van der Waals surface area contributed by atoms with Crippen LogP contribution in [0.3, 0.4) is 0 Å². The Balaban J connectivity index is 1.17. The van der Waals surface area contributed by atoms with Crippen LogP contribution in [-0.4, -0.2) is 38.0 Å². The van der Waals surface area contributed by atoms with E-state index in [0.717, 1.165) is 23.4 Å². The van der Waals surface area contributed by atoms with Crippen LogP contribution in [0, 0.1) is 0 Å². The number of nitrogens with zero attached hydrogens (tertiary/aromatic N) is 4. The smallest absolute Gasteiger partial charge is 0.236 e. The minimum absolute atomic E-state index is 0.150. The highest BCUT2D eigenvalue weighted by Gasteiger charge is 2.27. The first-order valence-corrected chi connectivity index (χ1v) is 12.7. The van der Waals surface area contributed by atoms with E-state index < -0.39 is 0 Å². The number of rotatable bonds is 7. The van der Waals surface area contributed by atoms with Crippen LogP contribution in [0.1, 0.15) is 24.4 Å². The quantitative estimate of drug-likeness (QED) is 0.372. The van der Waals surface area contributed by atoms with Gasteiger partial charge >= 0.3 is 0 Å². The second kappa shape index (κ2) is 9.86. The van der Waals surface area contributed by atoms with E-state index in [4.69, 9.17) is 9.47 Å². The zero-order valence-electron chi connectivity index (χ0n) is 18.7. The average Bonchev–Trinajstić information content (AvgIpc) is 3.49. The Labute approximate surface area is 205 Å². The summed E-state index contributed by atoms with van der Waals surface area (Å²) < 4.78 is 13.6. The van der Waals surface area contributed by atoms with Gasteiger partial charge in [0, 0.05) is 18.0 Å². The first kappa shape index (κ1) is 22.4. The van der Waals surface area contributed by atoms with Crippen LogP contribution in [-0.2, 0) is 18.3 Å². The third kappa shape index (κ3) is 4.78. The molecule has 2 aromatic carbocycles. The average molecular weight is 494 g/mol. The highest BCUT2D eigenvalue weighted by molar-refractivity contribution is 7.99. The van der Waals surface area contributed by atoms with E-state index in [2.05, 4.69) is 51.7 Å². The molecule has 2 aromatic heterocycles. The Hall–Kier alpha value is -3.37. The van der Waals surface area contributed by atoms with Crippen molar-refractivity contribution < 1.29 is 14.3 Å². The first-order valence-electron chi connectivity index (χ1n) is 10.9. The zero-order valence-corrected chi connectivity index (χ0v) is 20.4. The molecule has 1 atom stereocenters. The summed E-state index contributed by atoms with van der Waals surface area (Å²) in [5.41, 5.74) is 3.17. The van der Waals surface area contributed by atoms with Crippen molar-refractivity contribution in [1.82, 2.24) is 19.7 Å². The lowest BCUT2D eigenvalue weighted by Crippen LogP contribution is -2.24. The number of benzene rings is 2. The molecule has 0 spiro atoms. The summed E-state index contributed by atoms with van der Waals surface area (Å²) in [7, 11) is 1.86. The van der Waals surface area contributed by atoms with E-state index >= 15 is 0 Å².